The maximum atomic E-state index is 13.4. The molecule has 178 valence electrons. The molecule has 3 aromatic rings. The molecule has 0 amide bonds. The van der Waals surface area contributed by atoms with Gasteiger partial charge in [-0.25, -0.2) is 9.59 Å². The summed E-state index contributed by atoms with van der Waals surface area (Å²) in [6.45, 7) is 3.71. The first kappa shape index (κ1) is 23.4. The Morgan fingerprint density at radius 2 is 1.94 bits per heavy atom. The van der Waals surface area contributed by atoms with E-state index in [1.165, 1.54) is 23.1 Å². The molecule has 2 unspecified atom stereocenters. The number of cyclic esters (lactones) is 1. The molecule has 35 heavy (non-hydrogen) atoms. The molecule has 3 heterocycles. The lowest BCUT2D eigenvalue weighted by Gasteiger charge is -2.29. The molecule has 0 radical (unpaired) electrons. The number of ether oxygens (including phenoxy) is 2. The Bertz CT molecular complexity index is 1470. The Kier molecular flexibility index (Phi) is 6.25. The number of hydrogen-bond donors (Lipinski definition) is 1. The molecule has 1 aromatic heterocycles. The van der Waals surface area contributed by atoms with Crippen LogP contribution in [0.5, 0.6) is 0 Å². The van der Waals surface area contributed by atoms with Crippen LogP contribution in [0, 0.1) is 0 Å². The van der Waals surface area contributed by atoms with Gasteiger partial charge in [0.25, 0.3) is 0 Å². The zero-order chi connectivity index (χ0) is 24.7. The van der Waals surface area contributed by atoms with E-state index < -0.39 is 17.9 Å². The van der Waals surface area contributed by atoms with Crippen LogP contribution in [0.2, 0.25) is 0 Å². The van der Waals surface area contributed by atoms with Crippen molar-refractivity contribution in [2.45, 2.75) is 25.2 Å². The smallest absolute Gasteiger partial charge is 0.337 e. The first-order chi connectivity index (χ1) is 16.9. The molecule has 2 aliphatic heterocycles. The molecule has 2 atom stereocenters. The van der Waals surface area contributed by atoms with E-state index in [-0.39, 0.29) is 17.5 Å². The highest BCUT2D eigenvalue weighted by atomic mass is 32.2. The number of dihydropyridines is 1. The quantitative estimate of drug-likeness (QED) is 0.388. The summed E-state index contributed by atoms with van der Waals surface area (Å²) in [6, 6.07) is 16.8. The number of benzene rings is 2. The van der Waals surface area contributed by atoms with Crippen molar-refractivity contribution < 1.29 is 19.1 Å². The number of esters is 2. The summed E-state index contributed by atoms with van der Waals surface area (Å²) in [5, 5.41) is 3.72. The second-order valence-corrected chi connectivity index (χ2v) is 10.5. The average molecular weight is 506 g/mol. The number of hydrogen-bond acceptors (Lipinski definition) is 8. The van der Waals surface area contributed by atoms with Gasteiger partial charge in [0, 0.05) is 26.7 Å². The van der Waals surface area contributed by atoms with Crippen LogP contribution in [-0.2, 0) is 19.1 Å². The maximum Gasteiger partial charge on any atom is 0.337 e. The second kappa shape index (κ2) is 9.36. The van der Waals surface area contributed by atoms with E-state index in [9.17, 15) is 14.4 Å². The zero-order valence-electron chi connectivity index (χ0n) is 19.4. The SMILES string of the molecule is CSC(C)OC(=O)C1=C(C)NC2=C(C(=O)OC2)C1c1cccc2c(=O)cc(-c3ccccc3)sc12. The predicted molar refractivity (Wildman–Crippen MR) is 139 cm³/mol. The molecule has 0 saturated heterocycles. The molecule has 0 spiro atoms. The number of carbonyl (C=O) groups excluding carboxylic acids is 2. The minimum atomic E-state index is -0.715. The van der Waals surface area contributed by atoms with Gasteiger partial charge in [0.05, 0.1) is 22.8 Å². The zero-order valence-corrected chi connectivity index (χ0v) is 21.0. The van der Waals surface area contributed by atoms with Crippen molar-refractivity contribution in [1.82, 2.24) is 5.32 Å². The van der Waals surface area contributed by atoms with Crippen molar-refractivity contribution in [2.75, 3.05) is 12.9 Å². The Labute approximate surface area is 210 Å². The summed E-state index contributed by atoms with van der Waals surface area (Å²) in [7, 11) is 0. The lowest BCUT2D eigenvalue weighted by Crippen LogP contribution is -2.31. The molecule has 2 aliphatic rings. The van der Waals surface area contributed by atoms with E-state index in [0.717, 1.165) is 15.1 Å². The van der Waals surface area contributed by atoms with Gasteiger partial charge < -0.3 is 14.8 Å². The van der Waals surface area contributed by atoms with Gasteiger partial charge in [0.1, 0.15) is 12.0 Å². The summed E-state index contributed by atoms with van der Waals surface area (Å²) in [6.07, 6.45) is 1.86. The van der Waals surface area contributed by atoms with Gasteiger partial charge in [-0.05, 0) is 37.3 Å². The van der Waals surface area contributed by atoms with Crippen LogP contribution in [0.25, 0.3) is 20.5 Å². The fourth-order valence-corrected chi connectivity index (χ4v) is 5.89. The van der Waals surface area contributed by atoms with E-state index in [1.807, 2.05) is 42.7 Å². The van der Waals surface area contributed by atoms with Crippen LogP contribution in [0.4, 0.5) is 0 Å². The average Bonchev–Trinajstić information content (AvgIpc) is 3.23. The minimum Gasteiger partial charge on any atom is -0.456 e. The standard InChI is InChI=1S/C27H23NO5S2/c1-14-22(27(31)33-15(2)34-3)23(24-19(28-14)13-32-26(24)30)18-11-7-10-17-20(29)12-21(35-25(17)18)16-8-5-4-6-9-16/h4-12,15,23,28H,13H2,1-3H3. The Hall–Kier alpha value is -3.36. The van der Waals surface area contributed by atoms with Gasteiger partial charge in [0.2, 0.25) is 0 Å². The van der Waals surface area contributed by atoms with E-state index in [1.54, 1.807) is 32.0 Å². The molecular weight excluding hydrogens is 482 g/mol. The van der Waals surface area contributed by atoms with Gasteiger partial charge in [-0.1, -0.05) is 42.5 Å². The third kappa shape index (κ3) is 4.17. The normalized spacial score (nSPS) is 18.3. The van der Waals surface area contributed by atoms with Crippen LogP contribution in [0.3, 0.4) is 0 Å². The van der Waals surface area contributed by atoms with Crippen molar-refractivity contribution >= 4 is 45.1 Å². The molecule has 0 aliphatic carbocycles. The number of allylic oxidation sites excluding steroid dienone is 1. The van der Waals surface area contributed by atoms with E-state index in [0.29, 0.717) is 33.5 Å². The Morgan fingerprint density at radius 3 is 2.69 bits per heavy atom. The third-order valence-electron chi connectivity index (χ3n) is 6.19. The molecule has 0 bridgehead atoms. The first-order valence-electron chi connectivity index (χ1n) is 11.1. The highest BCUT2D eigenvalue weighted by Gasteiger charge is 2.43. The summed E-state index contributed by atoms with van der Waals surface area (Å²) in [5.74, 6) is -1.69. The van der Waals surface area contributed by atoms with E-state index in [2.05, 4.69) is 5.32 Å². The molecule has 8 heteroatoms. The van der Waals surface area contributed by atoms with Gasteiger partial charge in [0.15, 0.2) is 5.43 Å². The molecular formula is C27H23NO5S2. The highest BCUT2D eigenvalue weighted by molar-refractivity contribution is 7.99. The monoisotopic (exact) mass is 505 g/mol. The molecule has 5 rings (SSSR count). The van der Waals surface area contributed by atoms with Gasteiger partial charge in [-0.15, -0.1) is 23.1 Å². The van der Waals surface area contributed by atoms with Crippen molar-refractivity contribution in [3.8, 4) is 10.4 Å². The number of carbonyl (C=O) groups is 2. The topological polar surface area (TPSA) is 81.7 Å². The van der Waals surface area contributed by atoms with Gasteiger partial charge in [-0.3, -0.25) is 4.79 Å². The fraction of sp³-hybridized carbons (Fsp3) is 0.222. The van der Waals surface area contributed by atoms with Crippen LogP contribution >= 0.6 is 23.1 Å². The van der Waals surface area contributed by atoms with Crippen molar-refractivity contribution in [3.05, 3.63) is 92.9 Å². The summed E-state index contributed by atoms with van der Waals surface area (Å²) >= 11 is 2.88. The van der Waals surface area contributed by atoms with Crippen molar-refractivity contribution in [2.24, 2.45) is 0 Å². The van der Waals surface area contributed by atoms with Crippen LogP contribution < -0.4 is 10.7 Å². The minimum absolute atomic E-state index is 0.113. The fourth-order valence-electron chi connectivity index (χ4n) is 4.48. The number of fused-ring (bicyclic) bond motifs is 1. The van der Waals surface area contributed by atoms with Gasteiger partial charge in [-0.2, -0.15) is 0 Å². The second-order valence-electron chi connectivity index (χ2n) is 8.34. The summed E-state index contributed by atoms with van der Waals surface area (Å²) in [5.41, 5.74) is 3.14. The lowest BCUT2D eigenvalue weighted by atomic mass is 9.80. The van der Waals surface area contributed by atoms with E-state index in [4.69, 9.17) is 9.47 Å². The third-order valence-corrected chi connectivity index (χ3v) is 8.18. The Balaban J connectivity index is 1.75. The van der Waals surface area contributed by atoms with Crippen LogP contribution in [0.15, 0.2) is 81.9 Å². The first-order valence-corrected chi connectivity index (χ1v) is 13.2. The van der Waals surface area contributed by atoms with Crippen LogP contribution in [-0.4, -0.2) is 30.2 Å². The van der Waals surface area contributed by atoms with Crippen molar-refractivity contribution in [1.29, 1.82) is 0 Å². The van der Waals surface area contributed by atoms with Crippen LogP contribution in [0.1, 0.15) is 25.3 Å². The highest BCUT2D eigenvalue weighted by Crippen LogP contribution is 2.45. The lowest BCUT2D eigenvalue weighted by molar-refractivity contribution is -0.140. The largest absolute Gasteiger partial charge is 0.456 e. The maximum absolute atomic E-state index is 13.4. The molecule has 1 N–H and O–H groups in total. The summed E-state index contributed by atoms with van der Waals surface area (Å²) in [4.78, 5) is 40.2. The summed E-state index contributed by atoms with van der Waals surface area (Å²) < 4.78 is 11.7. The van der Waals surface area contributed by atoms with Crippen molar-refractivity contribution in [3.63, 3.8) is 0 Å². The number of thioether (sulfide) groups is 1. The van der Waals surface area contributed by atoms with E-state index >= 15 is 0 Å². The Morgan fingerprint density at radius 1 is 1.17 bits per heavy atom. The van der Waals surface area contributed by atoms with Gasteiger partial charge >= 0.3 is 11.9 Å². The number of rotatable bonds is 5. The molecule has 0 saturated carbocycles. The number of nitrogens with one attached hydrogen (secondary N) is 1. The molecule has 2 aromatic carbocycles. The predicted octanol–water partition coefficient (Wildman–Crippen LogP) is 4.95. The molecule has 0 fully saturated rings. The molecule has 6 nitrogen and oxygen atoms in total.